The van der Waals surface area contributed by atoms with Crippen LogP contribution in [0.15, 0.2) is 12.3 Å². The number of aromatic nitrogens is 3. The Bertz CT molecular complexity index is 555. The highest BCUT2D eigenvalue weighted by molar-refractivity contribution is 5.94. The first-order valence-corrected chi connectivity index (χ1v) is 5.37. The van der Waals surface area contributed by atoms with Crippen molar-refractivity contribution in [1.29, 1.82) is 0 Å². The van der Waals surface area contributed by atoms with Gasteiger partial charge in [0.15, 0.2) is 11.4 Å². The van der Waals surface area contributed by atoms with Crippen LogP contribution in [0.4, 0.5) is 0 Å². The smallest absolute Gasteiger partial charge is 0.163 e. The predicted octanol–water partition coefficient (Wildman–Crippen LogP) is 2.36. The molecule has 0 unspecified atom stereocenters. The van der Waals surface area contributed by atoms with E-state index in [-0.39, 0.29) is 5.78 Å². The lowest BCUT2D eigenvalue weighted by atomic mass is 10.1. The second-order valence-electron chi connectivity index (χ2n) is 4.31. The van der Waals surface area contributed by atoms with E-state index in [4.69, 9.17) is 0 Å². The van der Waals surface area contributed by atoms with Gasteiger partial charge < -0.3 is 0 Å². The van der Waals surface area contributed by atoms with E-state index >= 15 is 0 Å². The molecule has 0 spiro atoms. The maximum atomic E-state index is 11.4. The van der Waals surface area contributed by atoms with Crippen molar-refractivity contribution in [3.8, 4) is 0 Å². The summed E-state index contributed by atoms with van der Waals surface area (Å²) in [5.74, 6) is 0.385. The molecule has 0 bridgehead atoms. The van der Waals surface area contributed by atoms with E-state index in [1.54, 1.807) is 17.6 Å². The van der Waals surface area contributed by atoms with Crippen molar-refractivity contribution in [1.82, 2.24) is 14.6 Å². The van der Waals surface area contributed by atoms with Gasteiger partial charge >= 0.3 is 0 Å². The van der Waals surface area contributed by atoms with E-state index < -0.39 is 0 Å². The lowest BCUT2D eigenvalue weighted by molar-refractivity contribution is 0.101. The topological polar surface area (TPSA) is 47.3 Å². The van der Waals surface area contributed by atoms with Crippen LogP contribution in [0.25, 0.3) is 5.65 Å². The number of hydrogen-bond donors (Lipinski definition) is 0. The summed E-state index contributed by atoms with van der Waals surface area (Å²) in [5.41, 5.74) is 3.28. The summed E-state index contributed by atoms with van der Waals surface area (Å²) < 4.78 is 1.74. The number of carbonyl (C=O) groups is 1. The zero-order valence-corrected chi connectivity index (χ0v) is 9.98. The summed E-state index contributed by atoms with van der Waals surface area (Å²) in [4.78, 5) is 15.6. The van der Waals surface area contributed by atoms with Crippen molar-refractivity contribution in [2.75, 3.05) is 0 Å². The van der Waals surface area contributed by atoms with E-state index in [9.17, 15) is 4.79 Å². The van der Waals surface area contributed by atoms with Crippen molar-refractivity contribution in [2.45, 2.75) is 33.6 Å². The molecule has 0 aromatic carbocycles. The molecular weight excluding hydrogens is 202 g/mol. The van der Waals surface area contributed by atoms with Gasteiger partial charge in [0, 0.05) is 12.3 Å². The molecule has 2 aromatic rings. The average molecular weight is 217 g/mol. The molecule has 0 saturated heterocycles. The van der Waals surface area contributed by atoms with Crippen LogP contribution in [0, 0.1) is 6.92 Å². The molecule has 4 heteroatoms. The molecule has 0 aliphatic carbocycles. The summed E-state index contributed by atoms with van der Waals surface area (Å²) >= 11 is 0. The molecule has 4 nitrogen and oxygen atoms in total. The number of Topliss-reactive ketones (excluding diaryl/α,β-unsaturated/α-hetero) is 1. The van der Waals surface area contributed by atoms with Gasteiger partial charge in [-0.3, -0.25) is 4.79 Å². The molecule has 0 amide bonds. The SMILES string of the molecule is CC(=O)c1cnc2cc(C(C)C)nn2c1C. The van der Waals surface area contributed by atoms with Gasteiger partial charge in [-0.1, -0.05) is 13.8 Å². The number of rotatable bonds is 2. The largest absolute Gasteiger partial charge is 0.294 e. The highest BCUT2D eigenvalue weighted by atomic mass is 16.1. The second-order valence-corrected chi connectivity index (χ2v) is 4.31. The number of nitrogens with zero attached hydrogens (tertiary/aromatic N) is 3. The fraction of sp³-hybridized carbons (Fsp3) is 0.417. The van der Waals surface area contributed by atoms with Crippen molar-refractivity contribution in [3.05, 3.63) is 29.2 Å². The minimum absolute atomic E-state index is 0.0218. The van der Waals surface area contributed by atoms with Gasteiger partial charge in [0.05, 0.1) is 17.0 Å². The Balaban J connectivity index is 2.69. The molecule has 2 rings (SSSR count). The van der Waals surface area contributed by atoms with Crippen molar-refractivity contribution in [3.63, 3.8) is 0 Å². The van der Waals surface area contributed by atoms with Gasteiger partial charge in [-0.25, -0.2) is 9.50 Å². The number of aryl methyl sites for hydroxylation is 1. The van der Waals surface area contributed by atoms with Gasteiger partial charge in [0.25, 0.3) is 0 Å². The Hall–Kier alpha value is -1.71. The molecule has 84 valence electrons. The average Bonchev–Trinajstić information content (AvgIpc) is 2.62. The normalized spacial score (nSPS) is 11.3. The minimum Gasteiger partial charge on any atom is -0.294 e. The summed E-state index contributed by atoms with van der Waals surface area (Å²) in [6.07, 6.45) is 1.62. The van der Waals surface area contributed by atoms with E-state index in [1.165, 1.54) is 0 Å². The highest BCUT2D eigenvalue weighted by Crippen LogP contribution is 2.16. The summed E-state index contributed by atoms with van der Waals surface area (Å²) in [5, 5.41) is 4.46. The van der Waals surface area contributed by atoms with Gasteiger partial charge in [-0.05, 0) is 19.8 Å². The Morgan fingerprint density at radius 1 is 1.44 bits per heavy atom. The van der Waals surface area contributed by atoms with Crippen LogP contribution in [0.5, 0.6) is 0 Å². The van der Waals surface area contributed by atoms with Gasteiger partial charge in [0.1, 0.15) is 0 Å². The molecule has 0 N–H and O–H groups in total. The first-order chi connectivity index (χ1) is 7.50. The van der Waals surface area contributed by atoms with Crippen LogP contribution in [-0.2, 0) is 0 Å². The lowest BCUT2D eigenvalue weighted by Gasteiger charge is -2.03. The number of fused-ring (bicyclic) bond motifs is 1. The zero-order chi connectivity index (χ0) is 11.9. The van der Waals surface area contributed by atoms with E-state index in [2.05, 4.69) is 23.9 Å². The van der Waals surface area contributed by atoms with E-state index in [0.717, 1.165) is 17.0 Å². The molecule has 2 aromatic heterocycles. The van der Waals surface area contributed by atoms with E-state index in [1.807, 2.05) is 13.0 Å². The molecule has 0 radical (unpaired) electrons. The highest BCUT2D eigenvalue weighted by Gasteiger charge is 2.12. The van der Waals surface area contributed by atoms with E-state index in [0.29, 0.717) is 11.5 Å². The summed E-state index contributed by atoms with van der Waals surface area (Å²) in [6.45, 7) is 7.61. The van der Waals surface area contributed by atoms with Crippen molar-refractivity contribution >= 4 is 11.4 Å². The first kappa shape index (κ1) is 10.8. The fourth-order valence-corrected chi connectivity index (χ4v) is 1.69. The second kappa shape index (κ2) is 3.70. The van der Waals surface area contributed by atoms with Gasteiger partial charge in [-0.2, -0.15) is 5.10 Å². The van der Waals surface area contributed by atoms with Crippen molar-refractivity contribution in [2.24, 2.45) is 0 Å². The maximum absolute atomic E-state index is 11.4. The lowest BCUT2D eigenvalue weighted by Crippen LogP contribution is -2.05. The summed E-state index contributed by atoms with van der Waals surface area (Å²) in [6, 6.07) is 1.96. The quantitative estimate of drug-likeness (QED) is 0.725. The third kappa shape index (κ3) is 1.60. The van der Waals surface area contributed by atoms with Gasteiger partial charge in [-0.15, -0.1) is 0 Å². The molecule has 0 aliphatic rings. The molecular formula is C12H15N3O. The predicted molar refractivity (Wildman–Crippen MR) is 61.8 cm³/mol. The Labute approximate surface area is 94.3 Å². The number of hydrogen-bond acceptors (Lipinski definition) is 3. The van der Waals surface area contributed by atoms with Crippen molar-refractivity contribution < 1.29 is 4.79 Å². The third-order valence-corrected chi connectivity index (χ3v) is 2.71. The van der Waals surface area contributed by atoms with Crippen LogP contribution in [0.2, 0.25) is 0 Å². The molecule has 0 saturated carbocycles. The molecule has 2 heterocycles. The monoisotopic (exact) mass is 217 g/mol. The first-order valence-electron chi connectivity index (χ1n) is 5.37. The third-order valence-electron chi connectivity index (χ3n) is 2.71. The van der Waals surface area contributed by atoms with Crippen LogP contribution in [0.3, 0.4) is 0 Å². The van der Waals surface area contributed by atoms with Crippen LogP contribution >= 0.6 is 0 Å². The molecule has 0 aliphatic heterocycles. The molecule has 16 heavy (non-hydrogen) atoms. The summed E-state index contributed by atoms with van der Waals surface area (Å²) in [7, 11) is 0. The van der Waals surface area contributed by atoms with Crippen LogP contribution in [0.1, 0.15) is 48.4 Å². The zero-order valence-electron chi connectivity index (χ0n) is 9.98. The van der Waals surface area contributed by atoms with Crippen LogP contribution in [-0.4, -0.2) is 20.4 Å². The maximum Gasteiger partial charge on any atom is 0.163 e. The van der Waals surface area contributed by atoms with Crippen LogP contribution < -0.4 is 0 Å². The van der Waals surface area contributed by atoms with Gasteiger partial charge in [0.2, 0.25) is 0 Å². The standard InChI is InChI=1S/C12H15N3O/c1-7(2)11-5-12-13-6-10(9(4)16)8(3)15(12)14-11/h5-7H,1-4H3. The fourth-order valence-electron chi connectivity index (χ4n) is 1.69. The Kier molecular flexibility index (Phi) is 2.50. The Morgan fingerprint density at radius 3 is 2.69 bits per heavy atom. The number of carbonyl (C=O) groups excluding carboxylic acids is 1. The number of ketones is 1. The Morgan fingerprint density at radius 2 is 2.12 bits per heavy atom. The molecule has 0 fully saturated rings. The minimum atomic E-state index is 0.0218. The molecule has 0 atom stereocenters.